The molecule has 68 valence electrons. The third kappa shape index (κ3) is 1.05. The molecule has 2 aliphatic rings. The van der Waals surface area contributed by atoms with Gasteiger partial charge in [0.15, 0.2) is 0 Å². The molecule has 0 amide bonds. The molecule has 1 heteroatoms. The Morgan fingerprint density at radius 3 is 2.33 bits per heavy atom. The van der Waals surface area contributed by atoms with Crippen LogP contribution in [0.2, 0.25) is 18.5 Å². The number of rotatable bonds is 2. The summed E-state index contributed by atoms with van der Waals surface area (Å²) >= 11 is 0. The Bertz CT molecular complexity index is 154. The van der Waals surface area contributed by atoms with E-state index in [-0.39, 0.29) is 0 Å². The second-order valence-electron chi connectivity index (χ2n) is 5.02. The van der Waals surface area contributed by atoms with E-state index >= 15 is 0 Å². The van der Waals surface area contributed by atoms with Crippen LogP contribution in [-0.2, 0) is 0 Å². The highest BCUT2D eigenvalue weighted by Gasteiger charge is 2.49. The van der Waals surface area contributed by atoms with Crippen molar-refractivity contribution in [2.24, 2.45) is 5.92 Å². The van der Waals surface area contributed by atoms with Crippen molar-refractivity contribution in [3.63, 3.8) is 0 Å². The van der Waals surface area contributed by atoms with Crippen LogP contribution >= 0.6 is 0 Å². The molecule has 0 aromatic rings. The van der Waals surface area contributed by atoms with Gasteiger partial charge in [-0.3, -0.25) is 0 Å². The third-order valence-electron chi connectivity index (χ3n) is 4.80. The van der Waals surface area contributed by atoms with Gasteiger partial charge in [0.25, 0.3) is 0 Å². The monoisotopic (exact) mass is 164 g/mol. The largest absolute Gasteiger partial charge is 0.143 e. The maximum absolute atomic E-state index is 2.49. The molecule has 0 bridgehead atoms. The van der Waals surface area contributed by atoms with Crippen LogP contribution < -0.4 is 0 Å². The molecular weight excluding hydrogens is 143 g/mol. The lowest BCUT2D eigenvalue weighted by Gasteiger charge is -2.33. The first kappa shape index (κ1) is 8.65. The fraction of sp³-hybridized carbons (Fsp3) is 1.00. The van der Waals surface area contributed by atoms with Crippen molar-refractivity contribution >= 4 is 6.71 Å². The molecule has 0 unspecified atom stereocenters. The first-order chi connectivity index (χ1) is 5.79. The van der Waals surface area contributed by atoms with Gasteiger partial charge in [0.2, 0.25) is 0 Å². The van der Waals surface area contributed by atoms with Crippen molar-refractivity contribution in [2.45, 2.75) is 63.9 Å². The van der Waals surface area contributed by atoms with Crippen LogP contribution in [0.4, 0.5) is 0 Å². The van der Waals surface area contributed by atoms with Crippen LogP contribution in [-0.4, -0.2) is 6.71 Å². The van der Waals surface area contributed by atoms with Crippen LogP contribution in [0.15, 0.2) is 0 Å². The van der Waals surface area contributed by atoms with Gasteiger partial charge in [-0.15, -0.1) is 0 Å². The molecule has 12 heavy (non-hydrogen) atoms. The van der Waals surface area contributed by atoms with Gasteiger partial charge < -0.3 is 0 Å². The zero-order valence-corrected chi connectivity index (χ0v) is 8.60. The second kappa shape index (κ2) is 3.08. The molecule has 2 aliphatic carbocycles. The summed E-state index contributed by atoms with van der Waals surface area (Å²) < 4.78 is 0. The van der Waals surface area contributed by atoms with Crippen molar-refractivity contribution in [2.75, 3.05) is 0 Å². The third-order valence-corrected chi connectivity index (χ3v) is 4.80. The zero-order chi connectivity index (χ0) is 8.60. The van der Waals surface area contributed by atoms with Crippen LogP contribution in [0, 0.1) is 5.92 Å². The maximum atomic E-state index is 2.49. The average molecular weight is 164 g/mol. The molecular formula is C11H21B. The summed E-state index contributed by atoms with van der Waals surface area (Å²) in [7, 11) is 0. The Hall–Kier alpha value is 0.0649. The van der Waals surface area contributed by atoms with Crippen molar-refractivity contribution in [1.29, 1.82) is 0 Å². The van der Waals surface area contributed by atoms with E-state index in [1.807, 2.05) is 0 Å². The van der Waals surface area contributed by atoms with Gasteiger partial charge in [-0.1, -0.05) is 58.6 Å². The predicted octanol–water partition coefficient (Wildman–Crippen LogP) is 3.86. The Kier molecular flexibility index (Phi) is 2.22. The first-order valence-electron chi connectivity index (χ1n) is 5.79. The van der Waals surface area contributed by atoms with Gasteiger partial charge in [-0.25, -0.2) is 0 Å². The molecule has 0 nitrogen and oxygen atoms in total. The maximum Gasteiger partial charge on any atom is 0.143 e. The minimum Gasteiger partial charge on any atom is -0.0856 e. The normalized spacial score (nSPS) is 40.0. The van der Waals surface area contributed by atoms with E-state index in [0.29, 0.717) is 0 Å². The van der Waals surface area contributed by atoms with Crippen molar-refractivity contribution in [1.82, 2.24) is 0 Å². The zero-order valence-electron chi connectivity index (χ0n) is 8.60. The summed E-state index contributed by atoms with van der Waals surface area (Å²) in [4.78, 5) is 0. The average Bonchev–Trinajstić information content (AvgIpc) is 2.60. The standard InChI is InChI=1S/C11H21B/c1-3-12(2)11-8-4-6-10(11)7-5-9-11/h10H,3-9H2,1-2H3. The van der Waals surface area contributed by atoms with Crippen LogP contribution in [0.3, 0.4) is 0 Å². The predicted molar refractivity (Wildman–Crippen MR) is 56.0 cm³/mol. The summed E-state index contributed by atoms with van der Waals surface area (Å²) in [6.45, 7) is 5.85. The van der Waals surface area contributed by atoms with E-state index in [9.17, 15) is 0 Å². The Morgan fingerprint density at radius 2 is 1.83 bits per heavy atom. The molecule has 0 aromatic heterocycles. The van der Waals surface area contributed by atoms with E-state index in [4.69, 9.17) is 0 Å². The molecule has 0 spiro atoms. The van der Waals surface area contributed by atoms with E-state index in [1.165, 1.54) is 19.2 Å². The van der Waals surface area contributed by atoms with Gasteiger partial charge in [-0.2, -0.15) is 0 Å². The Morgan fingerprint density at radius 1 is 1.25 bits per heavy atom. The molecule has 0 radical (unpaired) electrons. The molecule has 0 atom stereocenters. The molecule has 0 saturated heterocycles. The van der Waals surface area contributed by atoms with Crippen molar-refractivity contribution in [3.05, 3.63) is 0 Å². The van der Waals surface area contributed by atoms with Crippen LogP contribution in [0.25, 0.3) is 0 Å². The molecule has 0 heterocycles. The summed E-state index contributed by atoms with van der Waals surface area (Å²) in [6, 6.07) is 0. The topological polar surface area (TPSA) is 0 Å². The van der Waals surface area contributed by atoms with E-state index in [1.54, 1.807) is 25.7 Å². The minimum absolute atomic E-state index is 0.814. The smallest absolute Gasteiger partial charge is 0.0856 e. The fourth-order valence-corrected chi connectivity index (χ4v) is 3.91. The molecule has 2 rings (SSSR count). The first-order valence-corrected chi connectivity index (χ1v) is 5.79. The molecule has 0 aliphatic heterocycles. The number of fused-ring (bicyclic) bond motifs is 1. The van der Waals surface area contributed by atoms with Gasteiger partial charge in [0, 0.05) is 0 Å². The lowest BCUT2D eigenvalue weighted by atomic mass is 9.31. The van der Waals surface area contributed by atoms with Crippen LogP contribution in [0.5, 0.6) is 0 Å². The van der Waals surface area contributed by atoms with E-state index < -0.39 is 0 Å². The highest BCUT2D eigenvalue weighted by molar-refractivity contribution is 6.61. The van der Waals surface area contributed by atoms with Gasteiger partial charge in [0.1, 0.15) is 6.71 Å². The van der Waals surface area contributed by atoms with E-state index in [2.05, 4.69) is 13.7 Å². The van der Waals surface area contributed by atoms with Gasteiger partial charge in [-0.05, 0) is 11.2 Å². The SMILES string of the molecule is CCB(C)C12CCCC1CCC2. The summed E-state index contributed by atoms with van der Waals surface area (Å²) in [6.07, 6.45) is 10.6. The highest BCUT2D eigenvalue weighted by atomic mass is 14.5. The molecule has 2 saturated carbocycles. The Balaban J connectivity index is 2.16. The quantitative estimate of drug-likeness (QED) is 0.543. The summed E-state index contributed by atoms with van der Waals surface area (Å²) in [5, 5.41) is 0.814. The van der Waals surface area contributed by atoms with Crippen molar-refractivity contribution < 1.29 is 0 Å². The molecule has 2 fully saturated rings. The lowest BCUT2D eigenvalue weighted by Crippen LogP contribution is -2.29. The van der Waals surface area contributed by atoms with Crippen molar-refractivity contribution in [3.8, 4) is 0 Å². The Labute approximate surface area is 77.2 Å². The summed E-state index contributed by atoms with van der Waals surface area (Å²) in [5.41, 5.74) is 0. The van der Waals surface area contributed by atoms with Crippen LogP contribution in [0.1, 0.15) is 45.4 Å². The van der Waals surface area contributed by atoms with Gasteiger partial charge >= 0.3 is 0 Å². The number of hydrogen-bond donors (Lipinski definition) is 0. The lowest BCUT2D eigenvalue weighted by molar-refractivity contribution is 0.466. The minimum atomic E-state index is 0.814. The highest BCUT2D eigenvalue weighted by Crippen LogP contribution is 2.61. The fourth-order valence-electron chi connectivity index (χ4n) is 3.91. The van der Waals surface area contributed by atoms with Gasteiger partial charge in [0.05, 0.1) is 0 Å². The number of hydrogen-bond acceptors (Lipinski definition) is 0. The molecule has 0 N–H and O–H groups in total. The molecule has 0 aromatic carbocycles. The second-order valence-corrected chi connectivity index (χ2v) is 5.02. The van der Waals surface area contributed by atoms with E-state index in [0.717, 1.165) is 17.9 Å². The summed E-state index contributed by atoms with van der Waals surface area (Å²) in [5.74, 6) is 1.12.